The molecule has 0 aliphatic carbocycles. The van der Waals surface area contributed by atoms with E-state index in [2.05, 4.69) is 10.1 Å². The van der Waals surface area contributed by atoms with Crippen LogP contribution in [0.4, 0.5) is 0 Å². The highest BCUT2D eigenvalue weighted by Gasteiger charge is 2.30. The number of aryl methyl sites for hydroxylation is 1. The second kappa shape index (κ2) is 6.68. The lowest BCUT2D eigenvalue weighted by molar-refractivity contribution is 0.0974. The van der Waals surface area contributed by atoms with E-state index < -0.39 is 10.0 Å². The Labute approximate surface area is 140 Å². The zero-order valence-electron chi connectivity index (χ0n) is 13.2. The molecule has 1 aliphatic heterocycles. The van der Waals surface area contributed by atoms with Gasteiger partial charge >= 0.3 is 0 Å². The van der Waals surface area contributed by atoms with Crippen molar-refractivity contribution < 1.29 is 13.2 Å². The molecule has 9 heteroatoms. The molecule has 0 aromatic carbocycles. The van der Waals surface area contributed by atoms with Crippen LogP contribution in [-0.2, 0) is 27.9 Å². The minimum absolute atomic E-state index is 0.000597. The van der Waals surface area contributed by atoms with E-state index in [1.54, 1.807) is 17.5 Å². The van der Waals surface area contributed by atoms with Crippen molar-refractivity contribution in [3.63, 3.8) is 0 Å². The van der Waals surface area contributed by atoms with Crippen molar-refractivity contribution in [1.29, 1.82) is 0 Å². The van der Waals surface area contributed by atoms with Crippen molar-refractivity contribution in [2.24, 2.45) is 0 Å². The minimum Gasteiger partial charge on any atom is -0.375 e. The molecule has 1 aliphatic rings. The summed E-state index contributed by atoms with van der Waals surface area (Å²) in [5.74, 6) is 0. The lowest BCUT2D eigenvalue weighted by Gasteiger charge is -2.32. The maximum atomic E-state index is 11.8. The van der Waals surface area contributed by atoms with Crippen molar-refractivity contribution in [1.82, 2.24) is 19.1 Å². The van der Waals surface area contributed by atoms with Crippen LogP contribution in [0.25, 0.3) is 0 Å². The molecule has 0 amide bonds. The fourth-order valence-electron chi connectivity index (χ4n) is 2.69. The number of sulfonamides is 1. The Morgan fingerprint density at radius 3 is 3.00 bits per heavy atom. The molecule has 0 spiro atoms. The van der Waals surface area contributed by atoms with E-state index in [-0.39, 0.29) is 6.04 Å². The van der Waals surface area contributed by atoms with E-state index >= 15 is 0 Å². The van der Waals surface area contributed by atoms with Gasteiger partial charge in [0.15, 0.2) is 0 Å². The van der Waals surface area contributed by atoms with Gasteiger partial charge in [0.05, 0.1) is 41.8 Å². The Hall–Kier alpha value is -1.29. The highest BCUT2D eigenvalue weighted by atomic mass is 32.2. The second-order valence-electron chi connectivity index (χ2n) is 5.68. The lowest BCUT2D eigenvalue weighted by atomic mass is 10.1. The van der Waals surface area contributed by atoms with E-state index in [0.717, 1.165) is 16.4 Å². The molecule has 2 aromatic heterocycles. The maximum Gasteiger partial charge on any atom is 0.211 e. The lowest BCUT2D eigenvalue weighted by Crippen LogP contribution is -2.41. The first-order chi connectivity index (χ1) is 10.9. The van der Waals surface area contributed by atoms with Gasteiger partial charge in [-0.05, 0) is 19.4 Å². The van der Waals surface area contributed by atoms with Crippen LogP contribution in [0.5, 0.6) is 0 Å². The molecule has 0 radical (unpaired) electrons. The first kappa shape index (κ1) is 16.6. The molecule has 7 nitrogen and oxygen atoms in total. The quantitative estimate of drug-likeness (QED) is 0.734. The van der Waals surface area contributed by atoms with Gasteiger partial charge in [-0.1, -0.05) is 0 Å². The van der Waals surface area contributed by atoms with Crippen LogP contribution in [-0.4, -0.2) is 46.9 Å². The number of fused-ring (bicyclic) bond motifs is 1. The van der Waals surface area contributed by atoms with Crippen LogP contribution in [0.1, 0.15) is 28.9 Å². The number of hydrogen-bond donors (Lipinski definition) is 0. The van der Waals surface area contributed by atoms with Crippen LogP contribution in [0, 0.1) is 6.92 Å². The number of nitrogens with zero attached hydrogens (tertiary/aromatic N) is 4. The summed E-state index contributed by atoms with van der Waals surface area (Å²) in [5.41, 5.74) is 1.86. The molecule has 23 heavy (non-hydrogen) atoms. The van der Waals surface area contributed by atoms with Crippen LogP contribution < -0.4 is 0 Å². The molecule has 0 unspecified atom stereocenters. The van der Waals surface area contributed by atoms with Gasteiger partial charge in [0.25, 0.3) is 0 Å². The van der Waals surface area contributed by atoms with Crippen LogP contribution in [0.3, 0.4) is 0 Å². The number of aromatic nitrogens is 3. The summed E-state index contributed by atoms with van der Waals surface area (Å²) in [6.45, 7) is 3.81. The molecule has 0 fully saturated rings. The average Bonchev–Trinajstić information content (AvgIpc) is 3.11. The van der Waals surface area contributed by atoms with Gasteiger partial charge in [-0.3, -0.25) is 4.68 Å². The highest BCUT2D eigenvalue weighted by molar-refractivity contribution is 7.88. The highest BCUT2D eigenvalue weighted by Crippen LogP contribution is 2.24. The largest absolute Gasteiger partial charge is 0.375 e. The fourth-order valence-corrected chi connectivity index (χ4v) is 4.10. The number of hydrogen-bond acceptors (Lipinski definition) is 6. The van der Waals surface area contributed by atoms with Crippen LogP contribution in [0.2, 0.25) is 0 Å². The third kappa shape index (κ3) is 3.97. The minimum atomic E-state index is -3.21. The summed E-state index contributed by atoms with van der Waals surface area (Å²) < 4.78 is 32.8. The Morgan fingerprint density at radius 1 is 1.48 bits per heavy atom. The summed E-state index contributed by atoms with van der Waals surface area (Å²) in [5, 5.41) is 7.35. The maximum absolute atomic E-state index is 11.8. The standard InChI is InChI=1S/C14H20N4O3S2/c1-11-16-12(10-22-11)9-21-6-4-14-8-17(23(2,19)20)7-13-3-5-15-18(13)14/h3,5,10,14H,4,6-9H2,1-2H3/t14-/m0/s1. The van der Waals surface area contributed by atoms with E-state index in [0.29, 0.717) is 32.7 Å². The third-order valence-electron chi connectivity index (χ3n) is 3.83. The third-order valence-corrected chi connectivity index (χ3v) is 5.87. The van der Waals surface area contributed by atoms with Crippen molar-refractivity contribution in [3.8, 4) is 0 Å². The molecule has 0 N–H and O–H groups in total. The summed E-state index contributed by atoms with van der Waals surface area (Å²) in [7, 11) is -3.21. The van der Waals surface area contributed by atoms with E-state index in [1.807, 2.05) is 23.1 Å². The number of ether oxygens (including phenoxy) is 1. The van der Waals surface area contributed by atoms with Crippen LogP contribution in [0.15, 0.2) is 17.6 Å². The van der Waals surface area contributed by atoms with Crippen molar-refractivity contribution in [2.45, 2.75) is 32.5 Å². The molecule has 3 rings (SSSR count). The molecule has 0 bridgehead atoms. The molecule has 126 valence electrons. The summed E-state index contributed by atoms with van der Waals surface area (Å²) in [4.78, 5) is 4.36. The van der Waals surface area contributed by atoms with Gasteiger partial charge in [0, 0.05) is 24.7 Å². The molecule has 3 heterocycles. The predicted octanol–water partition coefficient (Wildman–Crippen LogP) is 1.57. The number of thiazole rings is 1. The summed E-state index contributed by atoms with van der Waals surface area (Å²) in [6.07, 6.45) is 3.67. The van der Waals surface area contributed by atoms with Crippen molar-refractivity contribution >= 4 is 21.4 Å². The van der Waals surface area contributed by atoms with Gasteiger partial charge in [0.2, 0.25) is 10.0 Å². The first-order valence-electron chi connectivity index (χ1n) is 7.40. The average molecular weight is 356 g/mol. The van der Waals surface area contributed by atoms with Crippen LogP contribution >= 0.6 is 11.3 Å². The molecule has 1 atom stereocenters. The van der Waals surface area contributed by atoms with Crippen molar-refractivity contribution in [3.05, 3.63) is 34.0 Å². The van der Waals surface area contributed by atoms with Crippen molar-refractivity contribution in [2.75, 3.05) is 19.4 Å². The van der Waals surface area contributed by atoms with Gasteiger partial charge in [-0.15, -0.1) is 11.3 Å². The Kier molecular flexibility index (Phi) is 4.81. The second-order valence-corrected chi connectivity index (χ2v) is 8.72. The normalized spacial score (nSPS) is 19.0. The predicted molar refractivity (Wildman–Crippen MR) is 87.6 cm³/mol. The monoisotopic (exact) mass is 356 g/mol. The molecular weight excluding hydrogens is 336 g/mol. The Balaban J connectivity index is 1.58. The van der Waals surface area contributed by atoms with E-state index in [1.165, 1.54) is 10.6 Å². The summed E-state index contributed by atoms with van der Waals surface area (Å²) in [6, 6.07) is 1.86. The Morgan fingerprint density at radius 2 is 2.30 bits per heavy atom. The van der Waals surface area contributed by atoms with Gasteiger partial charge in [-0.2, -0.15) is 9.40 Å². The first-order valence-corrected chi connectivity index (χ1v) is 10.1. The molecule has 0 saturated heterocycles. The van der Waals surface area contributed by atoms with E-state index in [4.69, 9.17) is 4.74 Å². The Bertz CT molecular complexity index is 769. The fraction of sp³-hybridized carbons (Fsp3) is 0.571. The topological polar surface area (TPSA) is 77.3 Å². The zero-order valence-corrected chi connectivity index (χ0v) is 14.8. The molecular formula is C14H20N4O3S2. The molecule has 2 aromatic rings. The zero-order chi connectivity index (χ0) is 16.4. The van der Waals surface area contributed by atoms with Gasteiger partial charge < -0.3 is 4.74 Å². The molecule has 0 saturated carbocycles. The van der Waals surface area contributed by atoms with E-state index in [9.17, 15) is 8.42 Å². The van der Waals surface area contributed by atoms with Gasteiger partial charge in [0.1, 0.15) is 0 Å². The number of rotatable bonds is 6. The SMILES string of the molecule is Cc1nc(COCC[C@H]2CN(S(C)(=O)=O)Cc3ccnn32)cs1. The van der Waals surface area contributed by atoms with Gasteiger partial charge in [-0.25, -0.2) is 13.4 Å². The smallest absolute Gasteiger partial charge is 0.211 e. The summed E-state index contributed by atoms with van der Waals surface area (Å²) >= 11 is 1.61.